The largest absolute Gasteiger partial charge is 2.00 e. The summed E-state index contributed by atoms with van der Waals surface area (Å²) in [6.45, 7) is 2.68. The molecule has 3 amide bonds. The fraction of sp³-hybridized carbons (Fsp3) is 0.367. The van der Waals surface area contributed by atoms with Crippen LogP contribution >= 0.6 is 0 Å². The Kier molecular flexibility index (Phi) is 10.1. The van der Waals surface area contributed by atoms with Crippen LogP contribution in [0.15, 0.2) is 24.3 Å². The van der Waals surface area contributed by atoms with Gasteiger partial charge < -0.3 is 14.7 Å². The zero-order valence-corrected chi connectivity index (χ0v) is 22.0. The van der Waals surface area contributed by atoms with Gasteiger partial charge in [0, 0.05) is 38.5 Å². The van der Waals surface area contributed by atoms with Crippen molar-refractivity contribution in [2.45, 2.75) is 31.7 Å². The number of piperidine rings is 1. The van der Waals surface area contributed by atoms with Crippen LogP contribution < -0.4 is 0 Å². The van der Waals surface area contributed by atoms with Gasteiger partial charge in [-0.05, 0) is 94.1 Å². The van der Waals surface area contributed by atoms with Gasteiger partial charge in [-0.25, -0.2) is 0 Å². The van der Waals surface area contributed by atoms with E-state index in [1.165, 1.54) is 11.1 Å². The van der Waals surface area contributed by atoms with E-state index >= 15 is 0 Å². The number of hydrogen-bond donors (Lipinski definition) is 0. The van der Waals surface area contributed by atoms with E-state index in [0.717, 1.165) is 18.9 Å². The maximum absolute atomic E-state index is 13.3. The number of nitrogens with zero attached hydrogens (tertiary/aromatic N) is 3. The summed E-state index contributed by atoms with van der Waals surface area (Å²) >= 11 is 0. The predicted molar refractivity (Wildman–Crippen MR) is 137 cm³/mol. The zero-order chi connectivity index (χ0) is 24.9. The minimum Gasteiger partial charge on any atom is -0.343 e. The van der Waals surface area contributed by atoms with Gasteiger partial charge in [-0.15, -0.1) is 0 Å². The number of likely N-dealkylation sites (tertiary alicyclic amines) is 1. The van der Waals surface area contributed by atoms with Crippen LogP contribution in [0.1, 0.15) is 36.4 Å². The minimum atomic E-state index is -0.110. The zero-order valence-electron chi connectivity index (χ0n) is 20.9. The number of hydrogen-bond acceptors (Lipinski definition) is 3. The van der Waals surface area contributed by atoms with Crippen molar-refractivity contribution in [1.29, 1.82) is 0 Å². The third-order valence-electron chi connectivity index (χ3n) is 7.60. The molecule has 37 heavy (non-hydrogen) atoms. The van der Waals surface area contributed by atoms with Gasteiger partial charge in [0.05, 0.1) is 12.6 Å². The number of fused-ring (bicyclic) bond motifs is 3. The SMILES string of the molecule is O=C(C[C]1[CH][CH][CH][CH]1)N1CCC(C(=O)N2CC(=O)N3CCc4ccccc4C3C2)CC1.[CH]1[CH][CH][CH][CH]1.[Fe+2]. The third-order valence-corrected chi connectivity index (χ3v) is 7.60. The maximum atomic E-state index is 13.3. The van der Waals surface area contributed by atoms with E-state index in [9.17, 15) is 14.4 Å². The summed E-state index contributed by atoms with van der Waals surface area (Å²) in [5, 5.41) is 0. The van der Waals surface area contributed by atoms with E-state index in [-0.39, 0.29) is 53.3 Å². The van der Waals surface area contributed by atoms with Crippen molar-refractivity contribution in [2.75, 3.05) is 32.7 Å². The number of carbonyl (C=O) groups excluding carboxylic acids is 3. The second-order valence-corrected chi connectivity index (χ2v) is 9.86. The molecule has 0 spiro atoms. The second-order valence-electron chi connectivity index (χ2n) is 9.86. The van der Waals surface area contributed by atoms with E-state index in [1.807, 2.05) is 79.7 Å². The molecule has 7 heteroatoms. The van der Waals surface area contributed by atoms with Crippen molar-refractivity contribution in [3.8, 4) is 0 Å². The van der Waals surface area contributed by atoms with Gasteiger partial charge >= 0.3 is 17.1 Å². The molecule has 10 radical (unpaired) electrons. The first-order valence-electron chi connectivity index (χ1n) is 12.9. The topological polar surface area (TPSA) is 60.9 Å². The number of piperazine rings is 1. The Morgan fingerprint density at radius 2 is 1.49 bits per heavy atom. The van der Waals surface area contributed by atoms with Crippen molar-refractivity contribution >= 4 is 17.7 Å². The average molecular weight is 539 g/mol. The minimum absolute atomic E-state index is 0. The summed E-state index contributed by atoms with van der Waals surface area (Å²) in [7, 11) is 0. The van der Waals surface area contributed by atoms with Gasteiger partial charge in [-0.2, -0.15) is 0 Å². The molecule has 1 aromatic carbocycles. The fourth-order valence-corrected chi connectivity index (χ4v) is 5.62. The Labute approximate surface area is 233 Å². The molecule has 0 bridgehead atoms. The second kappa shape index (κ2) is 13.3. The van der Waals surface area contributed by atoms with Crippen molar-refractivity contribution in [3.63, 3.8) is 0 Å². The van der Waals surface area contributed by atoms with Crippen LogP contribution in [0.25, 0.3) is 0 Å². The molecule has 1 atom stereocenters. The summed E-state index contributed by atoms with van der Waals surface area (Å²) in [6, 6.07) is 8.22. The normalized spacial score (nSPS) is 24.1. The van der Waals surface area contributed by atoms with Crippen LogP contribution in [0.4, 0.5) is 0 Å². The van der Waals surface area contributed by atoms with Gasteiger partial charge in [0.25, 0.3) is 0 Å². The molecule has 2 aliphatic carbocycles. The molecule has 0 N–H and O–H groups in total. The molecule has 4 fully saturated rings. The van der Waals surface area contributed by atoms with Crippen LogP contribution in [-0.4, -0.2) is 65.1 Å². The van der Waals surface area contributed by atoms with E-state index in [1.54, 1.807) is 4.90 Å². The van der Waals surface area contributed by atoms with Gasteiger partial charge in [0.1, 0.15) is 0 Å². The van der Waals surface area contributed by atoms with Crippen LogP contribution in [0.3, 0.4) is 0 Å². The van der Waals surface area contributed by atoms with Gasteiger partial charge in [-0.1, -0.05) is 24.3 Å². The molecule has 3 aliphatic heterocycles. The molecular weight excluding hydrogens is 506 g/mol. The summed E-state index contributed by atoms with van der Waals surface area (Å²) in [6.07, 6.45) is 20.5. The molecule has 5 aliphatic rings. The first-order valence-corrected chi connectivity index (χ1v) is 12.9. The van der Waals surface area contributed by atoms with Crippen LogP contribution in [0, 0.1) is 69.6 Å². The van der Waals surface area contributed by atoms with Crippen LogP contribution in [0.2, 0.25) is 0 Å². The van der Waals surface area contributed by atoms with Gasteiger partial charge in [-0.3, -0.25) is 14.4 Å². The molecule has 2 saturated heterocycles. The molecule has 0 aromatic heterocycles. The first-order chi connectivity index (χ1) is 17.6. The standard InChI is InChI=1S/C25H28N3O3.C5H5.Fe/c29-23(15-18-5-1-2-6-18)26-12-9-20(10-13-26)25(31)27-16-22-21-8-4-3-7-19(21)11-14-28(22)24(30)17-27;1-2-4-5-3-1;/h1-8,20,22H,9-17H2;1-5H;/q;;+2. The van der Waals surface area contributed by atoms with Crippen molar-refractivity contribution in [3.05, 3.63) is 99.1 Å². The van der Waals surface area contributed by atoms with Crippen molar-refractivity contribution < 1.29 is 31.5 Å². The van der Waals surface area contributed by atoms with Crippen molar-refractivity contribution in [1.82, 2.24) is 14.7 Å². The Balaban J connectivity index is 0.000000479. The van der Waals surface area contributed by atoms with E-state index in [4.69, 9.17) is 0 Å². The van der Waals surface area contributed by atoms with E-state index in [2.05, 4.69) is 12.1 Å². The monoisotopic (exact) mass is 539 g/mol. The summed E-state index contributed by atoms with van der Waals surface area (Å²) in [5.74, 6) is 1.16. The number of carbonyl (C=O) groups is 3. The molecule has 192 valence electrons. The molecular formula is C30H33FeN3O3+2. The quantitative estimate of drug-likeness (QED) is 0.556. The maximum Gasteiger partial charge on any atom is 2.00 e. The van der Waals surface area contributed by atoms with Gasteiger partial charge in [0.15, 0.2) is 0 Å². The molecule has 2 saturated carbocycles. The Morgan fingerprint density at radius 1 is 0.838 bits per heavy atom. The summed E-state index contributed by atoms with van der Waals surface area (Å²) in [5.41, 5.74) is 2.45. The fourth-order valence-electron chi connectivity index (χ4n) is 5.62. The van der Waals surface area contributed by atoms with E-state index < -0.39 is 0 Å². The number of rotatable bonds is 3. The van der Waals surface area contributed by atoms with Crippen LogP contribution in [-0.2, 0) is 37.9 Å². The Morgan fingerprint density at radius 3 is 2.16 bits per heavy atom. The average Bonchev–Trinajstić information content (AvgIpc) is 3.66. The molecule has 1 aromatic rings. The molecule has 6 rings (SSSR count). The first kappa shape index (κ1) is 28.2. The molecule has 6 nitrogen and oxygen atoms in total. The van der Waals surface area contributed by atoms with Crippen molar-refractivity contribution in [2.24, 2.45) is 5.92 Å². The Bertz CT molecular complexity index is 928. The van der Waals surface area contributed by atoms with Gasteiger partial charge in [0.2, 0.25) is 17.7 Å². The summed E-state index contributed by atoms with van der Waals surface area (Å²) in [4.78, 5) is 44.2. The summed E-state index contributed by atoms with van der Waals surface area (Å²) < 4.78 is 0. The molecule has 1 unspecified atom stereocenters. The smallest absolute Gasteiger partial charge is 0.343 e. The predicted octanol–water partition coefficient (Wildman–Crippen LogP) is 3.01. The number of amides is 3. The molecule has 3 heterocycles. The Hall–Kier alpha value is -1.85. The third kappa shape index (κ3) is 6.78. The number of benzene rings is 1. The van der Waals surface area contributed by atoms with E-state index in [0.29, 0.717) is 38.9 Å². The van der Waals surface area contributed by atoms with Crippen LogP contribution in [0.5, 0.6) is 0 Å².